The number of aliphatic hydroxyl groups is 1. The van der Waals surface area contributed by atoms with E-state index in [4.69, 9.17) is 4.52 Å². The molecule has 1 aliphatic carbocycles. The molecule has 1 fully saturated rings. The summed E-state index contributed by atoms with van der Waals surface area (Å²) >= 11 is 0. The van der Waals surface area contributed by atoms with Gasteiger partial charge in [0.05, 0.1) is 16.7 Å². The number of hydrogen-bond donors (Lipinski definition) is 2. The number of hydrogen-bond acceptors (Lipinski definition) is 5. The maximum absolute atomic E-state index is 12.8. The van der Waals surface area contributed by atoms with Crippen LogP contribution in [0.3, 0.4) is 0 Å². The number of aromatic nitrogens is 1. The molecule has 0 saturated heterocycles. The summed E-state index contributed by atoms with van der Waals surface area (Å²) in [6.45, 7) is 1.72. The number of nitrogens with zero attached hydrogens (tertiary/aromatic N) is 1. The highest BCUT2D eigenvalue weighted by Gasteiger charge is 2.51. The second-order valence-corrected chi connectivity index (χ2v) is 9.76. The molecule has 0 amide bonds. The van der Waals surface area contributed by atoms with Gasteiger partial charge in [-0.25, -0.2) is 0 Å². The summed E-state index contributed by atoms with van der Waals surface area (Å²) in [6, 6.07) is 25.2. The van der Waals surface area contributed by atoms with E-state index in [1.165, 1.54) is 0 Å². The minimum Gasteiger partial charge on any atom is -0.481 e. The largest absolute Gasteiger partial charge is 0.481 e. The molecule has 1 heterocycles. The van der Waals surface area contributed by atoms with E-state index in [1.54, 1.807) is 6.92 Å². The maximum Gasteiger partial charge on any atom is 0.314 e. The number of carboxylic acid groups (broad SMARTS) is 1. The number of aryl methyl sites for hydroxylation is 2. The summed E-state index contributed by atoms with van der Waals surface area (Å²) in [5, 5.41) is 24.4. The zero-order valence-corrected chi connectivity index (χ0v) is 20.7. The summed E-state index contributed by atoms with van der Waals surface area (Å²) in [4.78, 5) is 24.4. The van der Waals surface area contributed by atoms with E-state index in [9.17, 15) is 19.8 Å². The number of carbonyl (C=O) groups excluding carboxylic acids is 1. The number of rotatable bonds is 10. The van der Waals surface area contributed by atoms with Crippen LogP contribution < -0.4 is 0 Å². The first kappa shape index (κ1) is 24.7. The molecule has 0 spiro atoms. The predicted molar refractivity (Wildman–Crippen MR) is 140 cm³/mol. The number of ketones is 1. The fourth-order valence-corrected chi connectivity index (χ4v) is 4.86. The van der Waals surface area contributed by atoms with Crippen LogP contribution in [0.25, 0.3) is 22.5 Å². The molecular formula is C31H29NO5. The lowest BCUT2D eigenvalue weighted by molar-refractivity contribution is -0.140. The second kappa shape index (κ2) is 10.1. The van der Waals surface area contributed by atoms with Gasteiger partial charge in [0.25, 0.3) is 0 Å². The Balaban J connectivity index is 1.29. The lowest BCUT2D eigenvalue weighted by Gasteiger charge is -2.12. The monoisotopic (exact) mass is 495 g/mol. The van der Waals surface area contributed by atoms with Crippen molar-refractivity contribution in [3.63, 3.8) is 0 Å². The number of Topliss-reactive ketones (excluding diaryl/α,β-unsaturated/α-hetero) is 1. The third-order valence-electron chi connectivity index (χ3n) is 7.30. The number of aliphatic carboxylic acids is 1. The fraction of sp³-hybridized carbons (Fsp3) is 0.258. The normalized spacial score (nSPS) is 14.8. The zero-order chi connectivity index (χ0) is 26.0. The van der Waals surface area contributed by atoms with Gasteiger partial charge in [0.2, 0.25) is 0 Å². The quantitative estimate of drug-likeness (QED) is 0.277. The van der Waals surface area contributed by atoms with Gasteiger partial charge in [-0.15, -0.1) is 0 Å². The van der Waals surface area contributed by atoms with Crippen molar-refractivity contribution in [3.8, 4) is 22.5 Å². The van der Waals surface area contributed by atoms with Crippen molar-refractivity contribution in [3.05, 3.63) is 101 Å². The summed E-state index contributed by atoms with van der Waals surface area (Å²) < 4.78 is 5.54. The summed E-state index contributed by atoms with van der Waals surface area (Å²) in [7, 11) is 0. The molecule has 5 rings (SSSR count). The number of carboxylic acids is 1. The molecule has 1 saturated carbocycles. The first-order valence-electron chi connectivity index (χ1n) is 12.5. The molecule has 3 aromatic carbocycles. The Kier molecular flexibility index (Phi) is 6.76. The van der Waals surface area contributed by atoms with E-state index in [0.29, 0.717) is 36.3 Å². The van der Waals surface area contributed by atoms with Crippen molar-refractivity contribution in [1.82, 2.24) is 5.16 Å². The van der Waals surface area contributed by atoms with Crippen LogP contribution in [-0.2, 0) is 21.4 Å². The fourth-order valence-electron chi connectivity index (χ4n) is 4.86. The zero-order valence-electron chi connectivity index (χ0n) is 20.7. The van der Waals surface area contributed by atoms with E-state index < -0.39 is 17.5 Å². The van der Waals surface area contributed by atoms with Gasteiger partial charge in [0, 0.05) is 12.0 Å². The van der Waals surface area contributed by atoms with Gasteiger partial charge in [-0.2, -0.15) is 0 Å². The van der Waals surface area contributed by atoms with Crippen LogP contribution in [0.4, 0.5) is 0 Å². The van der Waals surface area contributed by atoms with Crippen molar-refractivity contribution in [2.24, 2.45) is 0 Å². The summed E-state index contributed by atoms with van der Waals surface area (Å²) in [5.74, 6) is -0.630. The minimum absolute atomic E-state index is 0.255. The molecule has 4 aromatic rings. The Morgan fingerprint density at radius 1 is 0.919 bits per heavy atom. The molecule has 1 atom stereocenters. The van der Waals surface area contributed by atoms with E-state index in [1.807, 2.05) is 78.9 Å². The molecule has 0 radical (unpaired) electrons. The van der Waals surface area contributed by atoms with Gasteiger partial charge in [0.15, 0.2) is 11.5 Å². The molecule has 1 unspecified atom stereocenters. The van der Waals surface area contributed by atoms with Gasteiger partial charge >= 0.3 is 5.97 Å². The van der Waals surface area contributed by atoms with Gasteiger partial charge in [-0.05, 0) is 54.9 Å². The first-order chi connectivity index (χ1) is 17.9. The van der Waals surface area contributed by atoms with Gasteiger partial charge in [-0.1, -0.05) is 84.0 Å². The first-order valence-corrected chi connectivity index (χ1v) is 12.5. The predicted octanol–water partition coefficient (Wildman–Crippen LogP) is 6.06. The Hall–Kier alpha value is -4.03. The molecule has 0 bridgehead atoms. The average molecular weight is 496 g/mol. The van der Waals surface area contributed by atoms with E-state index >= 15 is 0 Å². The average Bonchev–Trinajstić information content (AvgIpc) is 3.66. The van der Waals surface area contributed by atoms with Crippen molar-refractivity contribution >= 4 is 11.8 Å². The molecule has 0 aliphatic heterocycles. The molecule has 6 heteroatoms. The highest BCUT2D eigenvalue weighted by Crippen LogP contribution is 2.48. The molecule has 37 heavy (non-hydrogen) atoms. The third kappa shape index (κ3) is 4.98. The van der Waals surface area contributed by atoms with E-state index in [2.05, 4.69) is 5.16 Å². The molecule has 6 nitrogen and oxygen atoms in total. The molecule has 1 aliphatic rings. The standard InChI is InChI=1S/C31H29NO5/c1-20-27(28(34)26(33)9-5-8-21-6-3-2-4-7-21)29(37-32-20)24-12-10-22(11-13-24)23-14-16-25(17-15-23)31(18-19-31)30(35)36/h2-4,6-7,10-17,28,34H,5,8-9,18-19H2,1H3,(H,35,36). The molecular weight excluding hydrogens is 466 g/mol. The molecule has 2 N–H and O–H groups in total. The van der Waals surface area contributed by atoms with Gasteiger partial charge in [0.1, 0.15) is 6.10 Å². The molecule has 1 aromatic heterocycles. The van der Waals surface area contributed by atoms with Crippen molar-refractivity contribution in [2.45, 2.75) is 50.5 Å². The van der Waals surface area contributed by atoms with Crippen LogP contribution in [0.5, 0.6) is 0 Å². The number of carbonyl (C=O) groups is 2. The SMILES string of the molecule is Cc1noc(-c2ccc(-c3ccc(C4(C(=O)O)CC4)cc3)cc2)c1C(O)C(=O)CCCc1ccccc1. The Bertz CT molecular complexity index is 1400. The molecule has 188 valence electrons. The maximum atomic E-state index is 12.8. The lowest BCUT2D eigenvalue weighted by atomic mass is 9.93. The van der Waals surface area contributed by atoms with Crippen LogP contribution in [0.2, 0.25) is 0 Å². The van der Waals surface area contributed by atoms with Gasteiger partial charge in [-0.3, -0.25) is 9.59 Å². The number of aliphatic hydroxyl groups excluding tert-OH is 1. The van der Waals surface area contributed by atoms with E-state index in [0.717, 1.165) is 34.2 Å². The smallest absolute Gasteiger partial charge is 0.314 e. The topological polar surface area (TPSA) is 101 Å². The Labute approximate surface area is 215 Å². The summed E-state index contributed by atoms with van der Waals surface area (Å²) in [5.41, 5.74) is 4.83. The second-order valence-electron chi connectivity index (χ2n) is 9.76. The van der Waals surface area contributed by atoms with Crippen molar-refractivity contribution in [1.29, 1.82) is 0 Å². The third-order valence-corrected chi connectivity index (χ3v) is 7.30. The summed E-state index contributed by atoms with van der Waals surface area (Å²) in [6.07, 6.45) is 1.74. The van der Waals surface area contributed by atoms with Gasteiger partial charge < -0.3 is 14.7 Å². The van der Waals surface area contributed by atoms with Crippen LogP contribution in [0.15, 0.2) is 83.4 Å². The minimum atomic E-state index is -1.30. The van der Waals surface area contributed by atoms with Crippen LogP contribution in [-0.4, -0.2) is 27.1 Å². The van der Waals surface area contributed by atoms with E-state index in [-0.39, 0.29) is 12.2 Å². The van der Waals surface area contributed by atoms with Crippen LogP contribution in [0, 0.1) is 6.92 Å². The van der Waals surface area contributed by atoms with Crippen molar-refractivity contribution < 1.29 is 24.3 Å². The highest BCUT2D eigenvalue weighted by molar-refractivity contribution is 5.87. The Morgan fingerprint density at radius 3 is 2.11 bits per heavy atom. The van der Waals surface area contributed by atoms with Crippen LogP contribution in [0.1, 0.15) is 54.2 Å². The number of benzene rings is 3. The lowest BCUT2D eigenvalue weighted by Crippen LogP contribution is -2.19. The highest BCUT2D eigenvalue weighted by atomic mass is 16.5. The van der Waals surface area contributed by atoms with Crippen LogP contribution >= 0.6 is 0 Å². The van der Waals surface area contributed by atoms with Crippen molar-refractivity contribution in [2.75, 3.05) is 0 Å². The Morgan fingerprint density at radius 2 is 1.51 bits per heavy atom.